The largest absolute Gasteiger partial charge is 0.404 e. The topological polar surface area (TPSA) is 52.0 Å². The zero-order valence-corrected chi connectivity index (χ0v) is 4.22. The van der Waals surface area contributed by atoms with Gasteiger partial charge in [-0.1, -0.05) is 12.7 Å². The lowest BCUT2D eigenvalue weighted by molar-refractivity contribution is 1.17. The summed E-state index contributed by atoms with van der Waals surface area (Å²) in [6.45, 7) is 3.95. The summed E-state index contributed by atoms with van der Waals surface area (Å²) in [4.78, 5) is 0. The molecule has 0 fully saturated rings. The summed E-state index contributed by atoms with van der Waals surface area (Å²) in [6.07, 6.45) is 3.09. The Morgan fingerprint density at radius 2 is 2.29 bits per heavy atom. The summed E-state index contributed by atoms with van der Waals surface area (Å²) in [5, 5.41) is 0. The molecule has 0 heterocycles. The van der Waals surface area contributed by atoms with Crippen molar-refractivity contribution < 1.29 is 0 Å². The van der Waals surface area contributed by atoms with Crippen LogP contribution in [0.25, 0.3) is 0 Å². The minimum Gasteiger partial charge on any atom is -0.404 e. The van der Waals surface area contributed by atoms with Gasteiger partial charge in [-0.15, -0.1) is 0 Å². The van der Waals surface area contributed by atoms with Crippen molar-refractivity contribution >= 4 is 0 Å². The third-order valence-corrected chi connectivity index (χ3v) is 0.712. The van der Waals surface area contributed by atoms with Gasteiger partial charge in [-0.05, 0) is 11.8 Å². The average molecular weight is 98.1 g/mol. The second-order valence-corrected chi connectivity index (χ2v) is 1.15. The van der Waals surface area contributed by atoms with Crippen molar-refractivity contribution in [3.05, 3.63) is 24.4 Å². The zero-order chi connectivity index (χ0) is 5.70. The lowest BCUT2D eigenvalue weighted by Gasteiger charge is -1.88. The first kappa shape index (κ1) is 6.24. The summed E-state index contributed by atoms with van der Waals surface area (Å²) in [5.41, 5.74) is 11.1. The van der Waals surface area contributed by atoms with Crippen molar-refractivity contribution in [1.82, 2.24) is 0 Å². The van der Waals surface area contributed by atoms with Crippen molar-refractivity contribution in [2.75, 3.05) is 6.54 Å². The lowest BCUT2D eigenvalue weighted by atomic mass is 10.3. The van der Waals surface area contributed by atoms with E-state index in [0.29, 0.717) is 6.54 Å². The van der Waals surface area contributed by atoms with Gasteiger partial charge < -0.3 is 11.5 Å². The van der Waals surface area contributed by atoms with Gasteiger partial charge in [0.2, 0.25) is 0 Å². The number of rotatable bonds is 2. The molecule has 0 radical (unpaired) electrons. The Morgan fingerprint density at radius 3 is 2.29 bits per heavy atom. The van der Waals surface area contributed by atoms with Gasteiger partial charge in [-0.2, -0.15) is 0 Å². The van der Waals surface area contributed by atoms with Gasteiger partial charge in [0.1, 0.15) is 0 Å². The van der Waals surface area contributed by atoms with Gasteiger partial charge in [0, 0.05) is 6.54 Å². The Balaban J connectivity index is 3.60. The molecule has 7 heavy (non-hydrogen) atoms. The van der Waals surface area contributed by atoms with Gasteiger partial charge >= 0.3 is 0 Å². The molecule has 0 bridgehead atoms. The molecule has 0 saturated carbocycles. The quantitative estimate of drug-likeness (QED) is 0.477. The maximum Gasteiger partial charge on any atom is 0.0192 e. The molecule has 0 amide bonds. The molecular weight excluding hydrogens is 88.1 g/mol. The zero-order valence-electron chi connectivity index (χ0n) is 4.22. The highest BCUT2D eigenvalue weighted by atomic mass is 14.6. The molecular formula is C5H10N2. The molecule has 0 saturated heterocycles. The molecule has 0 spiro atoms. The van der Waals surface area contributed by atoms with E-state index in [1.54, 1.807) is 6.08 Å². The predicted octanol–water partition coefficient (Wildman–Crippen LogP) is -0.0263. The highest BCUT2D eigenvalue weighted by Crippen LogP contribution is 1.84. The molecule has 0 rings (SSSR count). The van der Waals surface area contributed by atoms with Gasteiger partial charge in [0.15, 0.2) is 0 Å². The van der Waals surface area contributed by atoms with E-state index in [2.05, 4.69) is 6.58 Å². The fraction of sp³-hybridized carbons (Fsp3) is 0.200. The standard InChI is InChI=1S/C5H10N2/c1-2-5(3-6)4-7/h2-3H,1,4,6-7H2/b5-3+. The van der Waals surface area contributed by atoms with E-state index in [9.17, 15) is 0 Å². The summed E-state index contributed by atoms with van der Waals surface area (Å²) in [6, 6.07) is 0. The van der Waals surface area contributed by atoms with E-state index in [4.69, 9.17) is 11.5 Å². The lowest BCUT2D eigenvalue weighted by Crippen LogP contribution is -2.02. The van der Waals surface area contributed by atoms with Gasteiger partial charge in [-0.3, -0.25) is 0 Å². The van der Waals surface area contributed by atoms with Crippen LogP contribution in [-0.2, 0) is 0 Å². The van der Waals surface area contributed by atoms with Crippen molar-refractivity contribution in [2.24, 2.45) is 11.5 Å². The SMILES string of the molecule is C=C/C(=C\N)CN. The van der Waals surface area contributed by atoms with Crippen LogP contribution in [0.4, 0.5) is 0 Å². The Bertz CT molecular complexity index is 84.1. The van der Waals surface area contributed by atoms with Crippen LogP contribution >= 0.6 is 0 Å². The number of hydrogen-bond acceptors (Lipinski definition) is 2. The summed E-state index contributed by atoms with van der Waals surface area (Å²) in [5.74, 6) is 0. The van der Waals surface area contributed by atoms with Gasteiger partial charge in [-0.25, -0.2) is 0 Å². The van der Waals surface area contributed by atoms with Crippen LogP contribution in [0.3, 0.4) is 0 Å². The third-order valence-electron chi connectivity index (χ3n) is 0.712. The molecule has 2 heteroatoms. The van der Waals surface area contributed by atoms with Crippen molar-refractivity contribution in [3.63, 3.8) is 0 Å². The first-order chi connectivity index (χ1) is 3.35. The van der Waals surface area contributed by atoms with E-state index in [0.717, 1.165) is 5.57 Å². The van der Waals surface area contributed by atoms with Crippen LogP contribution in [0.5, 0.6) is 0 Å². The second-order valence-electron chi connectivity index (χ2n) is 1.15. The van der Waals surface area contributed by atoms with E-state index in [-0.39, 0.29) is 0 Å². The molecule has 0 aliphatic heterocycles. The molecule has 0 aliphatic rings. The van der Waals surface area contributed by atoms with Crippen LogP contribution in [0.1, 0.15) is 0 Å². The van der Waals surface area contributed by atoms with Crippen LogP contribution in [0, 0.1) is 0 Å². The van der Waals surface area contributed by atoms with Crippen molar-refractivity contribution in [2.45, 2.75) is 0 Å². The van der Waals surface area contributed by atoms with E-state index in [1.807, 2.05) is 0 Å². The maximum atomic E-state index is 5.17. The Morgan fingerprint density at radius 1 is 1.71 bits per heavy atom. The molecule has 0 aromatic rings. The Kier molecular flexibility index (Phi) is 3.06. The molecule has 4 N–H and O–H groups in total. The van der Waals surface area contributed by atoms with Crippen LogP contribution in [-0.4, -0.2) is 6.54 Å². The monoisotopic (exact) mass is 98.1 g/mol. The van der Waals surface area contributed by atoms with Crippen LogP contribution < -0.4 is 11.5 Å². The molecule has 0 unspecified atom stereocenters. The molecule has 0 atom stereocenters. The van der Waals surface area contributed by atoms with Crippen LogP contribution in [0.2, 0.25) is 0 Å². The van der Waals surface area contributed by atoms with Gasteiger partial charge in [0.05, 0.1) is 0 Å². The average Bonchev–Trinajstić information content (AvgIpc) is 1.72. The molecule has 0 aromatic heterocycles. The number of nitrogens with two attached hydrogens (primary N) is 2. The highest BCUT2D eigenvalue weighted by Gasteiger charge is 1.78. The molecule has 40 valence electrons. The van der Waals surface area contributed by atoms with Crippen molar-refractivity contribution in [1.29, 1.82) is 0 Å². The Hall–Kier alpha value is -0.760. The molecule has 2 nitrogen and oxygen atoms in total. The number of hydrogen-bond donors (Lipinski definition) is 2. The van der Waals surface area contributed by atoms with Crippen molar-refractivity contribution in [3.8, 4) is 0 Å². The van der Waals surface area contributed by atoms with E-state index >= 15 is 0 Å². The minimum absolute atomic E-state index is 0.472. The summed E-state index contributed by atoms with van der Waals surface area (Å²) in [7, 11) is 0. The highest BCUT2D eigenvalue weighted by molar-refractivity contribution is 5.15. The maximum absolute atomic E-state index is 5.17. The fourth-order valence-corrected chi connectivity index (χ4v) is 0.219. The smallest absolute Gasteiger partial charge is 0.0192 e. The first-order valence-electron chi connectivity index (χ1n) is 2.08. The third kappa shape index (κ3) is 2.00. The van der Waals surface area contributed by atoms with Crippen LogP contribution in [0.15, 0.2) is 24.4 Å². The Labute approximate surface area is 43.5 Å². The summed E-state index contributed by atoms with van der Waals surface area (Å²) < 4.78 is 0. The summed E-state index contributed by atoms with van der Waals surface area (Å²) >= 11 is 0. The van der Waals surface area contributed by atoms with E-state index in [1.165, 1.54) is 6.20 Å². The normalized spacial score (nSPS) is 11.3. The fourth-order valence-electron chi connectivity index (χ4n) is 0.219. The molecule has 0 aliphatic carbocycles. The molecule has 0 aromatic carbocycles. The predicted molar refractivity (Wildman–Crippen MR) is 31.5 cm³/mol. The minimum atomic E-state index is 0.472. The van der Waals surface area contributed by atoms with Gasteiger partial charge in [0.25, 0.3) is 0 Å². The van der Waals surface area contributed by atoms with E-state index < -0.39 is 0 Å². The second kappa shape index (κ2) is 3.43. The first-order valence-corrected chi connectivity index (χ1v) is 2.08.